The molecular formula is C10H16. The van der Waals surface area contributed by atoms with E-state index in [0.29, 0.717) is 5.41 Å². The van der Waals surface area contributed by atoms with Gasteiger partial charge in [0.25, 0.3) is 0 Å². The largest absolute Gasteiger partial charge is 0.0783 e. The highest BCUT2D eigenvalue weighted by molar-refractivity contribution is 5.29. The fraction of sp³-hybridized carbons (Fsp3) is 0.600. The first-order valence-corrected chi connectivity index (χ1v) is 3.87. The second-order valence-corrected chi connectivity index (χ2v) is 3.96. The fourth-order valence-corrected chi connectivity index (χ4v) is 1.37. The minimum absolute atomic E-state index is 0.392. The van der Waals surface area contributed by atoms with Gasteiger partial charge in [0.2, 0.25) is 0 Å². The van der Waals surface area contributed by atoms with E-state index in [-0.39, 0.29) is 0 Å². The molecule has 0 heteroatoms. The van der Waals surface area contributed by atoms with Gasteiger partial charge in [0.15, 0.2) is 0 Å². The van der Waals surface area contributed by atoms with Crippen molar-refractivity contribution < 1.29 is 0 Å². The summed E-state index contributed by atoms with van der Waals surface area (Å²) >= 11 is 0. The molecule has 56 valence electrons. The zero-order chi connectivity index (χ0) is 7.78. The van der Waals surface area contributed by atoms with Crippen LogP contribution in [0.1, 0.15) is 34.1 Å². The first-order valence-electron chi connectivity index (χ1n) is 3.87. The van der Waals surface area contributed by atoms with E-state index < -0.39 is 0 Å². The summed E-state index contributed by atoms with van der Waals surface area (Å²) in [6.07, 6.45) is 5.75. The molecule has 0 atom stereocenters. The van der Waals surface area contributed by atoms with Crippen LogP contribution in [0, 0.1) is 5.41 Å². The molecule has 0 spiro atoms. The number of hydrogen-bond donors (Lipinski definition) is 0. The molecule has 1 rings (SSSR count). The molecule has 0 unspecified atom stereocenters. The zero-order valence-corrected chi connectivity index (χ0v) is 7.36. The first kappa shape index (κ1) is 7.59. The van der Waals surface area contributed by atoms with Crippen molar-refractivity contribution in [1.29, 1.82) is 0 Å². The third kappa shape index (κ3) is 1.50. The lowest BCUT2D eigenvalue weighted by atomic mass is 9.80. The third-order valence-corrected chi connectivity index (χ3v) is 2.18. The Labute approximate surface area is 63.6 Å². The van der Waals surface area contributed by atoms with Gasteiger partial charge in [0.05, 0.1) is 0 Å². The van der Waals surface area contributed by atoms with Crippen LogP contribution in [-0.2, 0) is 0 Å². The third-order valence-electron chi connectivity index (χ3n) is 2.18. The van der Waals surface area contributed by atoms with Crippen molar-refractivity contribution in [2.75, 3.05) is 0 Å². The summed E-state index contributed by atoms with van der Waals surface area (Å²) in [7, 11) is 0. The van der Waals surface area contributed by atoms with Gasteiger partial charge in [-0.15, -0.1) is 0 Å². The second-order valence-electron chi connectivity index (χ2n) is 3.96. The van der Waals surface area contributed by atoms with E-state index in [2.05, 4.69) is 39.8 Å². The van der Waals surface area contributed by atoms with Crippen LogP contribution in [0.5, 0.6) is 0 Å². The molecule has 0 bridgehead atoms. The van der Waals surface area contributed by atoms with E-state index >= 15 is 0 Å². The Balaban J connectivity index is 2.85. The quantitative estimate of drug-likeness (QED) is 0.479. The Morgan fingerprint density at radius 2 is 1.90 bits per heavy atom. The first-order chi connectivity index (χ1) is 4.51. The Kier molecular flexibility index (Phi) is 1.72. The molecule has 1 aliphatic carbocycles. The molecule has 0 nitrogen and oxygen atoms in total. The molecule has 0 radical (unpaired) electrons. The number of rotatable bonds is 0. The lowest BCUT2D eigenvalue weighted by Crippen LogP contribution is -2.11. The van der Waals surface area contributed by atoms with Gasteiger partial charge >= 0.3 is 0 Å². The zero-order valence-electron chi connectivity index (χ0n) is 7.36. The molecule has 0 aromatic carbocycles. The highest BCUT2D eigenvalue weighted by atomic mass is 14.2. The molecule has 0 aromatic rings. The van der Waals surface area contributed by atoms with Gasteiger partial charge in [-0.2, -0.15) is 0 Å². The standard InChI is InChI=1S/C10H16/c1-8-5-6-10(3,4)7-9(8)2/h5-6H,7H2,1-4H3. The van der Waals surface area contributed by atoms with Gasteiger partial charge in [-0.3, -0.25) is 0 Å². The van der Waals surface area contributed by atoms with Crippen molar-refractivity contribution in [3.05, 3.63) is 23.3 Å². The van der Waals surface area contributed by atoms with E-state index in [1.165, 1.54) is 17.6 Å². The monoisotopic (exact) mass is 136 g/mol. The Morgan fingerprint density at radius 1 is 1.30 bits per heavy atom. The van der Waals surface area contributed by atoms with Crippen LogP contribution in [0.2, 0.25) is 0 Å². The lowest BCUT2D eigenvalue weighted by molar-refractivity contribution is 0.467. The highest BCUT2D eigenvalue weighted by Gasteiger charge is 2.17. The van der Waals surface area contributed by atoms with Crippen LogP contribution in [0.3, 0.4) is 0 Å². The van der Waals surface area contributed by atoms with E-state index in [9.17, 15) is 0 Å². The van der Waals surface area contributed by atoms with Crippen LogP contribution < -0.4 is 0 Å². The van der Waals surface area contributed by atoms with Crippen LogP contribution in [0.25, 0.3) is 0 Å². The summed E-state index contributed by atoms with van der Waals surface area (Å²) in [4.78, 5) is 0. The maximum absolute atomic E-state index is 2.30. The number of allylic oxidation sites excluding steroid dienone is 4. The lowest BCUT2D eigenvalue weighted by Gasteiger charge is -2.25. The van der Waals surface area contributed by atoms with Crippen LogP contribution in [0.4, 0.5) is 0 Å². The van der Waals surface area contributed by atoms with Gasteiger partial charge in [-0.25, -0.2) is 0 Å². The minimum atomic E-state index is 0.392. The molecule has 0 saturated carbocycles. The van der Waals surface area contributed by atoms with Crippen molar-refractivity contribution >= 4 is 0 Å². The Hall–Kier alpha value is -0.520. The summed E-state index contributed by atoms with van der Waals surface area (Å²) in [5, 5.41) is 0. The van der Waals surface area contributed by atoms with Crippen LogP contribution in [0.15, 0.2) is 23.3 Å². The molecule has 1 aliphatic rings. The molecule has 0 saturated heterocycles. The van der Waals surface area contributed by atoms with Gasteiger partial charge in [-0.1, -0.05) is 37.1 Å². The van der Waals surface area contributed by atoms with Gasteiger partial charge in [0.1, 0.15) is 0 Å². The fourth-order valence-electron chi connectivity index (χ4n) is 1.37. The molecule has 0 aliphatic heterocycles. The predicted molar refractivity (Wildman–Crippen MR) is 45.9 cm³/mol. The van der Waals surface area contributed by atoms with Crippen molar-refractivity contribution in [2.24, 2.45) is 5.41 Å². The molecule has 0 aromatic heterocycles. The summed E-state index contributed by atoms with van der Waals surface area (Å²) in [5.41, 5.74) is 3.37. The second kappa shape index (κ2) is 2.26. The molecule has 0 amide bonds. The van der Waals surface area contributed by atoms with E-state index in [0.717, 1.165) is 0 Å². The highest BCUT2D eigenvalue weighted by Crippen LogP contribution is 2.32. The molecule has 0 fully saturated rings. The Morgan fingerprint density at radius 3 is 2.30 bits per heavy atom. The average molecular weight is 136 g/mol. The minimum Gasteiger partial charge on any atom is -0.0783 e. The predicted octanol–water partition coefficient (Wildman–Crippen LogP) is 3.31. The summed E-state index contributed by atoms with van der Waals surface area (Å²) in [6.45, 7) is 8.96. The van der Waals surface area contributed by atoms with Crippen molar-refractivity contribution in [2.45, 2.75) is 34.1 Å². The Bertz CT molecular complexity index is 192. The SMILES string of the molecule is CC1=C(C)CC(C)(C)C=C1. The van der Waals surface area contributed by atoms with Crippen LogP contribution >= 0.6 is 0 Å². The van der Waals surface area contributed by atoms with E-state index in [4.69, 9.17) is 0 Å². The smallest absolute Gasteiger partial charge is 0.0134 e. The molecule has 0 heterocycles. The molecular weight excluding hydrogens is 120 g/mol. The molecule has 0 N–H and O–H groups in total. The normalized spacial score (nSPS) is 23.6. The summed E-state index contributed by atoms with van der Waals surface area (Å²) in [5.74, 6) is 0. The van der Waals surface area contributed by atoms with Crippen molar-refractivity contribution in [3.63, 3.8) is 0 Å². The van der Waals surface area contributed by atoms with Gasteiger partial charge in [-0.05, 0) is 25.7 Å². The average Bonchev–Trinajstić information content (AvgIpc) is 1.79. The maximum Gasteiger partial charge on any atom is -0.0134 e. The maximum atomic E-state index is 2.30. The van der Waals surface area contributed by atoms with Gasteiger partial charge < -0.3 is 0 Å². The summed E-state index contributed by atoms with van der Waals surface area (Å²) < 4.78 is 0. The van der Waals surface area contributed by atoms with E-state index in [1.54, 1.807) is 0 Å². The van der Waals surface area contributed by atoms with Gasteiger partial charge in [0, 0.05) is 0 Å². The summed E-state index contributed by atoms with van der Waals surface area (Å²) in [6, 6.07) is 0. The molecule has 10 heavy (non-hydrogen) atoms. The van der Waals surface area contributed by atoms with E-state index in [1.807, 2.05) is 0 Å². The van der Waals surface area contributed by atoms with Crippen LogP contribution in [-0.4, -0.2) is 0 Å². The van der Waals surface area contributed by atoms with Crippen molar-refractivity contribution in [3.8, 4) is 0 Å². The topological polar surface area (TPSA) is 0 Å². The number of hydrogen-bond acceptors (Lipinski definition) is 0. The van der Waals surface area contributed by atoms with Crippen molar-refractivity contribution in [1.82, 2.24) is 0 Å².